The Morgan fingerprint density at radius 2 is 1.97 bits per heavy atom. The first-order valence-corrected chi connectivity index (χ1v) is 9.81. The standard InChI is InChI=1S/C22H26N6O/c1-14-10-16(11-17(13-24-2)20(14)23)15-4-5-18-19(12-15)25-22(26-21(18)29)28-8-6-27(3)7-9-28/h4-5,10-13,23-24H,6-9H2,1-3H3,(H,25,26,29)/b17-13-,23-20?. The van der Waals surface area contributed by atoms with E-state index in [2.05, 4.69) is 27.1 Å². The second-order valence-electron chi connectivity index (χ2n) is 7.60. The lowest BCUT2D eigenvalue weighted by Gasteiger charge is -2.32. The van der Waals surface area contributed by atoms with E-state index in [9.17, 15) is 4.79 Å². The van der Waals surface area contributed by atoms with E-state index in [1.54, 1.807) is 0 Å². The average molecular weight is 390 g/mol. The lowest BCUT2D eigenvalue weighted by atomic mass is 9.90. The van der Waals surface area contributed by atoms with E-state index in [-0.39, 0.29) is 5.56 Å². The molecule has 4 rings (SSSR count). The van der Waals surface area contributed by atoms with Crippen LogP contribution in [0.2, 0.25) is 0 Å². The lowest BCUT2D eigenvalue weighted by molar-refractivity contribution is 0.311. The van der Waals surface area contributed by atoms with Gasteiger partial charge in [-0.3, -0.25) is 15.2 Å². The predicted octanol–water partition coefficient (Wildman–Crippen LogP) is 2.14. The van der Waals surface area contributed by atoms with Gasteiger partial charge in [-0.25, -0.2) is 4.98 Å². The van der Waals surface area contributed by atoms with Crippen LogP contribution >= 0.6 is 0 Å². The highest BCUT2D eigenvalue weighted by Gasteiger charge is 2.18. The monoisotopic (exact) mass is 390 g/mol. The van der Waals surface area contributed by atoms with E-state index in [1.165, 1.54) is 0 Å². The highest BCUT2D eigenvalue weighted by atomic mass is 16.1. The van der Waals surface area contributed by atoms with E-state index in [0.29, 0.717) is 22.6 Å². The van der Waals surface area contributed by atoms with Gasteiger partial charge in [0.05, 0.1) is 16.6 Å². The van der Waals surface area contributed by atoms with Crippen LogP contribution in [0.4, 0.5) is 5.95 Å². The molecule has 2 aromatic rings. The fraction of sp³-hybridized carbons (Fsp3) is 0.318. The Kier molecular flexibility index (Phi) is 5.07. The first kappa shape index (κ1) is 19.1. The highest BCUT2D eigenvalue weighted by molar-refractivity contribution is 6.16. The van der Waals surface area contributed by atoms with Gasteiger partial charge in [0.15, 0.2) is 0 Å². The molecule has 0 bridgehead atoms. The number of hydrogen-bond donors (Lipinski definition) is 3. The average Bonchev–Trinajstić information content (AvgIpc) is 2.71. The Bertz CT molecular complexity index is 1120. The van der Waals surface area contributed by atoms with Gasteiger partial charge in [0.1, 0.15) is 0 Å². The van der Waals surface area contributed by atoms with E-state index in [0.717, 1.165) is 48.5 Å². The number of aromatic nitrogens is 2. The van der Waals surface area contributed by atoms with E-state index >= 15 is 0 Å². The molecule has 0 radical (unpaired) electrons. The second-order valence-corrected chi connectivity index (χ2v) is 7.60. The number of allylic oxidation sites excluding steroid dienone is 5. The van der Waals surface area contributed by atoms with E-state index in [1.807, 2.05) is 50.5 Å². The van der Waals surface area contributed by atoms with Gasteiger partial charge in [0, 0.05) is 45.0 Å². The number of piperazine rings is 1. The molecule has 0 unspecified atom stereocenters. The molecule has 1 aromatic carbocycles. The minimum atomic E-state index is -0.114. The Morgan fingerprint density at radius 1 is 1.21 bits per heavy atom. The molecule has 0 spiro atoms. The van der Waals surface area contributed by atoms with Crippen LogP contribution in [0.5, 0.6) is 0 Å². The summed E-state index contributed by atoms with van der Waals surface area (Å²) in [6, 6.07) is 5.73. The van der Waals surface area contributed by atoms with Crippen molar-refractivity contribution < 1.29 is 0 Å². The van der Waals surface area contributed by atoms with Crippen LogP contribution in [0.3, 0.4) is 0 Å². The van der Waals surface area contributed by atoms with Crippen molar-refractivity contribution in [2.45, 2.75) is 6.92 Å². The maximum atomic E-state index is 12.6. The fourth-order valence-corrected chi connectivity index (χ4v) is 3.73. The minimum absolute atomic E-state index is 0.114. The van der Waals surface area contributed by atoms with Crippen LogP contribution in [-0.2, 0) is 0 Å². The summed E-state index contributed by atoms with van der Waals surface area (Å²) in [4.78, 5) is 24.7. The van der Waals surface area contributed by atoms with Gasteiger partial charge in [-0.2, -0.15) is 0 Å². The molecule has 1 aliphatic heterocycles. The minimum Gasteiger partial charge on any atom is -0.393 e. The highest BCUT2D eigenvalue weighted by Crippen LogP contribution is 2.28. The number of likely N-dealkylation sites (N-methyl/N-ethyl adjacent to an activating group) is 1. The molecule has 1 saturated heterocycles. The van der Waals surface area contributed by atoms with Crippen molar-refractivity contribution in [1.82, 2.24) is 20.2 Å². The Labute approximate surface area is 169 Å². The Hall–Kier alpha value is -3.19. The normalized spacial score (nSPS) is 19.5. The Balaban J connectivity index is 1.76. The van der Waals surface area contributed by atoms with Crippen LogP contribution in [-0.4, -0.2) is 60.9 Å². The number of anilines is 1. The van der Waals surface area contributed by atoms with Crippen LogP contribution in [0.15, 0.2) is 52.5 Å². The summed E-state index contributed by atoms with van der Waals surface area (Å²) < 4.78 is 0. The van der Waals surface area contributed by atoms with Crippen LogP contribution in [0.1, 0.15) is 12.5 Å². The summed E-state index contributed by atoms with van der Waals surface area (Å²) in [7, 11) is 3.93. The van der Waals surface area contributed by atoms with Crippen molar-refractivity contribution in [2.24, 2.45) is 0 Å². The third-order valence-electron chi connectivity index (χ3n) is 5.50. The molecule has 150 valence electrons. The van der Waals surface area contributed by atoms with Gasteiger partial charge in [0.25, 0.3) is 5.56 Å². The van der Waals surface area contributed by atoms with Gasteiger partial charge < -0.3 is 15.1 Å². The zero-order chi connectivity index (χ0) is 20.5. The van der Waals surface area contributed by atoms with E-state index < -0.39 is 0 Å². The summed E-state index contributed by atoms with van der Waals surface area (Å²) in [6.07, 6.45) is 5.82. The van der Waals surface area contributed by atoms with Crippen molar-refractivity contribution in [3.63, 3.8) is 0 Å². The zero-order valence-electron chi connectivity index (χ0n) is 17.0. The third kappa shape index (κ3) is 3.73. The lowest BCUT2D eigenvalue weighted by Crippen LogP contribution is -2.45. The quantitative estimate of drug-likeness (QED) is 0.747. The summed E-state index contributed by atoms with van der Waals surface area (Å²) >= 11 is 0. The van der Waals surface area contributed by atoms with Gasteiger partial charge in [-0.15, -0.1) is 0 Å². The number of aromatic amines is 1. The number of fused-ring (bicyclic) bond motifs is 1. The van der Waals surface area contributed by atoms with E-state index in [4.69, 9.17) is 10.4 Å². The number of nitrogens with zero attached hydrogens (tertiary/aromatic N) is 3. The van der Waals surface area contributed by atoms with Crippen molar-refractivity contribution in [3.8, 4) is 0 Å². The third-order valence-corrected chi connectivity index (χ3v) is 5.50. The van der Waals surface area contributed by atoms with Gasteiger partial charge in [0.2, 0.25) is 5.95 Å². The molecule has 0 amide bonds. The van der Waals surface area contributed by atoms with Crippen molar-refractivity contribution in [1.29, 1.82) is 5.41 Å². The number of rotatable bonds is 3. The summed E-state index contributed by atoms with van der Waals surface area (Å²) in [5, 5.41) is 11.8. The van der Waals surface area contributed by atoms with Gasteiger partial charge >= 0.3 is 0 Å². The summed E-state index contributed by atoms with van der Waals surface area (Å²) in [5.41, 5.74) is 4.81. The maximum Gasteiger partial charge on any atom is 0.260 e. The number of hydrogen-bond acceptors (Lipinski definition) is 6. The predicted molar refractivity (Wildman–Crippen MR) is 119 cm³/mol. The van der Waals surface area contributed by atoms with Crippen molar-refractivity contribution >= 4 is 28.1 Å². The molecule has 3 N–H and O–H groups in total. The van der Waals surface area contributed by atoms with Crippen LogP contribution in [0.25, 0.3) is 16.5 Å². The van der Waals surface area contributed by atoms with Crippen LogP contribution < -0.4 is 15.8 Å². The van der Waals surface area contributed by atoms with Crippen molar-refractivity contribution in [2.75, 3.05) is 45.2 Å². The SMILES string of the molecule is CN/C=C1/C=C(c2ccc3c(=O)[nH]c(N4CCN(C)CC4)nc3c2)C=C(C)C1=N. The number of benzene rings is 1. The second kappa shape index (κ2) is 7.67. The molecular weight excluding hydrogens is 364 g/mol. The number of H-pyrrole nitrogens is 1. The first-order valence-electron chi connectivity index (χ1n) is 9.81. The largest absolute Gasteiger partial charge is 0.393 e. The maximum absolute atomic E-state index is 12.6. The molecule has 0 atom stereocenters. The Morgan fingerprint density at radius 3 is 2.69 bits per heavy atom. The summed E-state index contributed by atoms with van der Waals surface area (Å²) in [6.45, 7) is 5.53. The summed E-state index contributed by atoms with van der Waals surface area (Å²) in [5.74, 6) is 0.634. The molecule has 2 aliphatic rings. The zero-order valence-corrected chi connectivity index (χ0v) is 17.0. The molecule has 7 heteroatoms. The molecule has 7 nitrogen and oxygen atoms in total. The molecule has 2 heterocycles. The number of nitrogens with one attached hydrogen (secondary N) is 3. The fourth-order valence-electron chi connectivity index (χ4n) is 3.73. The van der Waals surface area contributed by atoms with Crippen molar-refractivity contribution in [3.05, 3.63) is 63.6 Å². The molecule has 1 fully saturated rings. The van der Waals surface area contributed by atoms with Gasteiger partial charge in [-0.1, -0.05) is 6.07 Å². The molecule has 1 aromatic heterocycles. The topological polar surface area (TPSA) is 88.1 Å². The van der Waals surface area contributed by atoms with Crippen LogP contribution in [0, 0.1) is 5.41 Å². The smallest absolute Gasteiger partial charge is 0.260 e. The van der Waals surface area contributed by atoms with Gasteiger partial charge in [-0.05, 0) is 55.0 Å². The molecule has 29 heavy (non-hydrogen) atoms. The molecule has 0 saturated carbocycles. The molecular formula is C22H26N6O. The first-order chi connectivity index (χ1) is 14.0. The molecule has 1 aliphatic carbocycles.